The van der Waals surface area contributed by atoms with Crippen LogP contribution < -0.4 is 5.32 Å². The van der Waals surface area contributed by atoms with Crippen LogP contribution in [0.25, 0.3) is 6.08 Å². The number of halogens is 1. The van der Waals surface area contributed by atoms with Crippen molar-refractivity contribution in [3.8, 4) is 0 Å². The molecule has 5 nitrogen and oxygen atoms in total. The van der Waals surface area contributed by atoms with Crippen molar-refractivity contribution >= 4 is 18.0 Å². The fourth-order valence-corrected chi connectivity index (χ4v) is 2.97. The molecule has 25 heavy (non-hydrogen) atoms. The molecule has 132 valence electrons. The van der Waals surface area contributed by atoms with Gasteiger partial charge in [-0.3, -0.25) is 5.32 Å². The number of urea groups is 1. The molecule has 6 heteroatoms. The molecule has 1 unspecified atom stereocenters. The summed E-state index contributed by atoms with van der Waals surface area (Å²) >= 11 is 0. The van der Waals surface area contributed by atoms with Gasteiger partial charge in [0.1, 0.15) is 5.82 Å². The molecule has 0 radical (unpaired) electrons. The number of hydrogen-bond donors (Lipinski definition) is 1. The smallest absolute Gasteiger partial charge is 0.324 e. The summed E-state index contributed by atoms with van der Waals surface area (Å²) in [7, 11) is 0. The molecular weight excluding hydrogens is 321 g/mol. The number of likely N-dealkylation sites (tertiary alicyclic amines) is 1. The van der Waals surface area contributed by atoms with E-state index in [1.807, 2.05) is 26.0 Å². The number of piperidine rings is 1. The molecule has 2 aromatic rings. The average Bonchev–Trinajstić information content (AvgIpc) is 2.89. The molecule has 0 aliphatic carbocycles. The first-order chi connectivity index (χ1) is 11.9. The summed E-state index contributed by atoms with van der Waals surface area (Å²) < 4.78 is 18.5. The van der Waals surface area contributed by atoms with Gasteiger partial charge in [0.15, 0.2) is 0 Å². The fraction of sp³-hybridized carbons (Fsp3) is 0.368. The summed E-state index contributed by atoms with van der Waals surface area (Å²) in [5.41, 5.74) is 3.68. The van der Waals surface area contributed by atoms with Crippen molar-refractivity contribution in [3.63, 3.8) is 0 Å². The lowest BCUT2D eigenvalue weighted by atomic mass is 9.91. The molecule has 2 amide bonds. The highest BCUT2D eigenvalue weighted by molar-refractivity contribution is 5.88. The van der Waals surface area contributed by atoms with Gasteiger partial charge in [0.05, 0.1) is 5.69 Å². The standard InChI is InChI=1S/C19H22FN3O2/c1-12-11-23(19(24)21-18-13(2)14(3)22-25-18)8-7-16(12)9-15-5-4-6-17(20)10-15/h4-6,9-10,12H,7-8,11H2,1-3H3,(H,21,24). The predicted molar refractivity (Wildman–Crippen MR) is 94.7 cm³/mol. The Morgan fingerprint density at radius 1 is 1.44 bits per heavy atom. The zero-order chi connectivity index (χ0) is 18.0. The Hall–Kier alpha value is -2.63. The Kier molecular flexibility index (Phi) is 4.88. The number of carbonyl (C=O) groups is 1. The Morgan fingerprint density at radius 3 is 2.88 bits per heavy atom. The van der Waals surface area contributed by atoms with Crippen molar-refractivity contribution in [2.24, 2.45) is 5.92 Å². The third kappa shape index (κ3) is 3.90. The third-order valence-electron chi connectivity index (χ3n) is 4.66. The number of rotatable bonds is 2. The van der Waals surface area contributed by atoms with Gasteiger partial charge in [0, 0.05) is 18.7 Å². The highest BCUT2D eigenvalue weighted by Crippen LogP contribution is 2.26. The van der Waals surface area contributed by atoms with E-state index in [9.17, 15) is 9.18 Å². The summed E-state index contributed by atoms with van der Waals surface area (Å²) in [6.07, 6.45) is 2.78. The normalized spacial score (nSPS) is 19.3. The van der Waals surface area contributed by atoms with E-state index in [4.69, 9.17) is 4.52 Å². The van der Waals surface area contributed by atoms with Crippen LogP contribution in [-0.2, 0) is 0 Å². The van der Waals surface area contributed by atoms with Gasteiger partial charge in [0.25, 0.3) is 0 Å². The van der Waals surface area contributed by atoms with Crippen LogP contribution in [0.2, 0.25) is 0 Å². The van der Waals surface area contributed by atoms with E-state index >= 15 is 0 Å². The quantitative estimate of drug-likeness (QED) is 0.880. The van der Waals surface area contributed by atoms with E-state index in [0.29, 0.717) is 19.0 Å². The largest absolute Gasteiger partial charge is 0.338 e. The van der Waals surface area contributed by atoms with Crippen LogP contribution in [0.4, 0.5) is 15.1 Å². The molecule has 1 saturated heterocycles. The molecule has 1 aromatic carbocycles. The molecule has 1 aliphatic heterocycles. The number of carbonyl (C=O) groups excluding carboxylic acids is 1. The van der Waals surface area contributed by atoms with Crippen molar-refractivity contribution < 1.29 is 13.7 Å². The van der Waals surface area contributed by atoms with Crippen molar-refractivity contribution in [1.29, 1.82) is 0 Å². The van der Waals surface area contributed by atoms with Gasteiger partial charge in [-0.2, -0.15) is 0 Å². The maximum absolute atomic E-state index is 13.3. The van der Waals surface area contributed by atoms with E-state index < -0.39 is 0 Å². The zero-order valence-electron chi connectivity index (χ0n) is 14.7. The molecular formula is C19H22FN3O2. The number of aryl methyl sites for hydroxylation is 1. The molecule has 1 aromatic heterocycles. The number of nitrogens with zero attached hydrogens (tertiary/aromatic N) is 2. The molecule has 1 aliphatic rings. The van der Waals surface area contributed by atoms with E-state index in [0.717, 1.165) is 23.2 Å². The highest BCUT2D eigenvalue weighted by Gasteiger charge is 2.25. The van der Waals surface area contributed by atoms with Gasteiger partial charge in [-0.15, -0.1) is 0 Å². The van der Waals surface area contributed by atoms with Gasteiger partial charge in [-0.1, -0.05) is 35.9 Å². The first-order valence-corrected chi connectivity index (χ1v) is 8.39. The topological polar surface area (TPSA) is 58.4 Å². The number of aromatic nitrogens is 1. The first kappa shape index (κ1) is 17.2. The molecule has 0 spiro atoms. The van der Waals surface area contributed by atoms with Crippen LogP contribution in [-0.4, -0.2) is 29.2 Å². The molecule has 0 bridgehead atoms. The van der Waals surface area contributed by atoms with Crippen LogP contribution in [0.5, 0.6) is 0 Å². The van der Waals surface area contributed by atoms with Crippen LogP contribution in [0, 0.1) is 25.6 Å². The maximum atomic E-state index is 13.3. The third-order valence-corrected chi connectivity index (χ3v) is 4.66. The lowest BCUT2D eigenvalue weighted by molar-refractivity contribution is 0.197. The van der Waals surface area contributed by atoms with E-state index in [1.165, 1.54) is 17.7 Å². The molecule has 2 heterocycles. The van der Waals surface area contributed by atoms with E-state index in [1.54, 1.807) is 11.0 Å². The number of nitrogens with one attached hydrogen (secondary N) is 1. The average molecular weight is 343 g/mol. The minimum absolute atomic E-state index is 0.184. The van der Waals surface area contributed by atoms with Gasteiger partial charge in [0.2, 0.25) is 5.88 Å². The summed E-state index contributed by atoms with van der Waals surface area (Å²) in [4.78, 5) is 14.2. The number of amides is 2. The number of anilines is 1. The number of benzene rings is 1. The van der Waals surface area contributed by atoms with Crippen LogP contribution in [0.15, 0.2) is 34.4 Å². The molecule has 1 fully saturated rings. The second-order valence-corrected chi connectivity index (χ2v) is 6.52. The van der Waals surface area contributed by atoms with Crippen LogP contribution >= 0.6 is 0 Å². The second kappa shape index (κ2) is 7.09. The summed E-state index contributed by atoms with van der Waals surface area (Å²) in [6.45, 7) is 7.00. The zero-order valence-corrected chi connectivity index (χ0v) is 14.7. The monoisotopic (exact) mass is 343 g/mol. The van der Waals surface area contributed by atoms with Gasteiger partial charge in [-0.05, 0) is 43.9 Å². The van der Waals surface area contributed by atoms with Crippen molar-refractivity contribution in [2.75, 3.05) is 18.4 Å². The maximum Gasteiger partial charge on any atom is 0.324 e. The van der Waals surface area contributed by atoms with Crippen molar-refractivity contribution in [1.82, 2.24) is 10.1 Å². The minimum Gasteiger partial charge on any atom is -0.338 e. The number of hydrogen-bond acceptors (Lipinski definition) is 3. The summed E-state index contributed by atoms with van der Waals surface area (Å²) in [5, 5.41) is 6.63. The highest BCUT2D eigenvalue weighted by atomic mass is 19.1. The molecule has 0 saturated carbocycles. The molecule has 1 atom stereocenters. The van der Waals surface area contributed by atoms with Crippen molar-refractivity contribution in [3.05, 3.63) is 52.5 Å². The van der Waals surface area contributed by atoms with Crippen LogP contribution in [0.1, 0.15) is 30.2 Å². The summed E-state index contributed by atoms with van der Waals surface area (Å²) in [6, 6.07) is 6.36. The molecule has 1 N–H and O–H groups in total. The Labute approximate surface area is 146 Å². The van der Waals surface area contributed by atoms with Gasteiger partial charge in [-0.25, -0.2) is 9.18 Å². The first-order valence-electron chi connectivity index (χ1n) is 8.39. The molecule has 3 rings (SSSR count). The van der Waals surface area contributed by atoms with Crippen molar-refractivity contribution in [2.45, 2.75) is 27.2 Å². The van der Waals surface area contributed by atoms with Crippen LogP contribution in [0.3, 0.4) is 0 Å². The van der Waals surface area contributed by atoms with Gasteiger partial charge < -0.3 is 9.42 Å². The lowest BCUT2D eigenvalue weighted by Gasteiger charge is -2.33. The Balaban J connectivity index is 1.65. The lowest BCUT2D eigenvalue weighted by Crippen LogP contribution is -2.42. The summed E-state index contributed by atoms with van der Waals surface area (Å²) in [5.74, 6) is 0.369. The fourth-order valence-electron chi connectivity index (χ4n) is 2.97. The SMILES string of the molecule is Cc1noc(NC(=O)N2CCC(=Cc3cccc(F)c3)C(C)C2)c1C. The van der Waals surface area contributed by atoms with E-state index in [-0.39, 0.29) is 17.8 Å². The van der Waals surface area contributed by atoms with E-state index in [2.05, 4.69) is 17.4 Å². The Bertz CT molecular complexity index is 813. The predicted octanol–water partition coefficient (Wildman–Crippen LogP) is 4.39. The Morgan fingerprint density at radius 2 is 2.24 bits per heavy atom. The van der Waals surface area contributed by atoms with Gasteiger partial charge >= 0.3 is 6.03 Å². The second-order valence-electron chi connectivity index (χ2n) is 6.52. The minimum atomic E-state index is -0.239.